The van der Waals surface area contributed by atoms with Crippen LogP contribution in [0.15, 0.2) is 53.0 Å². The Labute approximate surface area is 173 Å². The highest BCUT2D eigenvalue weighted by atomic mass is 79.9. The zero-order valence-electron chi connectivity index (χ0n) is 15.8. The Morgan fingerprint density at radius 2 is 1.32 bits per heavy atom. The molecule has 0 unspecified atom stereocenters. The number of carbonyl (C=O) groups is 2. The number of nitrogens with zero attached hydrogens (tertiary/aromatic N) is 2. The summed E-state index contributed by atoms with van der Waals surface area (Å²) in [6.45, 7) is 8.91. The van der Waals surface area contributed by atoms with E-state index < -0.39 is 11.9 Å². The lowest BCUT2D eigenvalue weighted by atomic mass is 10.1. The molecule has 0 aliphatic carbocycles. The summed E-state index contributed by atoms with van der Waals surface area (Å²) in [7, 11) is 0. The molecule has 2 N–H and O–H groups in total. The molecule has 2 aromatic carbocycles. The molecular weight excluding hydrogens is 424 g/mol. The second-order valence-electron chi connectivity index (χ2n) is 6.78. The van der Waals surface area contributed by atoms with Crippen molar-refractivity contribution in [3.8, 4) is 0 Å². The van der Waals surface area contributed by atoms with Crippen molar-refractivity contribution < 1.29 is 19.8 Å². The molecule has 0 amide bonds. The molecule has 0 atom stereocenters. The quantitative estimate of drug-likeness (QED) is 0.698. The van der Waals surface area contributed by atoms with Gasteiger partial charge >= 0.3 is 11.9 Å². The van der Waals surface area contributed by atoms with Crippen molar-refractivity contribution in [3.05, 3.63) is 69.7 Å². The molecule has 1 aliphatic heterocycles. The smallest absolute Gasteiger partial charge is 0.414 e. The molecule has 7 heteroatoms. The Hall–Kier alpha value is -2.22. The maximum atomic E-state index is 9.10. The number of benzene rings is 2. The number of aryl methyl sites for hydroxylation is 1. The van der Waals surface area contributed by atoms with Gasteiger partial charge in [0.05, 0.1) is 0 Å². The lowest BCUT2D eigenvalue weighted by Crippen LogP contribution is -2.45. The molecule has 0 spiro atoms. The Balaban J connectivity index is 0.000000409. The number of piperazine rings is 1. The third-order valence-corrected chi connectivity index (χ3v) is 4.92. The molecule has 28 heavy (non-hydrogen) atoms. The summed E-state index contributed by atoms with van der Waals surface area (Å²) in [6, 6.07) is 17.5. The monoisotopic (exact) mass is 448 g/mol. The van der Waals surface area contributed by atoms with E-state index >= 15 is 0 Å². The molecule has 1 saturated heterocycles. The molecule has 1 heterocycles. The predicted octanol–water partition coefficient (Wildman–Crippen LogP) is 3.23. The van der Waals surface area contributed by atoms with Crippen LogP contribution in [0.1, 0.15) is 16.7 Å². The molecule has 1 fully saturated rings. The van der Waals surface area contributed by atoms with E-state index in [1.54, 1.807) is 0 Å². The van der Waals surface area contributed by atoms with Crippen LogP contribution in [-0.2, 0) is 22.7 Å². The van der Waals surface area contributed by atoms with E-state index in [2.05, 4.69) is 81.2 Å². The number of halogens is 1. The summed E-state index contributed by atoms with van der Waals surface area (Å²) in [6.07, 6.45) is 0. The van der Waals surface area contributed by atoms with Gasteiger partial charge in [0.25, 0.3) is 0 Å². The van der Waals surface area contributed by atoms with Crippen LogP contribution in [0.2, 0.25) is 0 Å². The Kier molecular flexibility index (Phi) is 8.63. The molecule has 2 aromatic rings. The Bertz CT molecular complexity index is 737. The summed E-state index contributed by atoms with van der Waals surface area (Å²) in [5.74, 6) is -3.65. The summed E-state index contributed by atoms with van der Waals surface area (Å²) in [5.41, 5.74) is 4.17. The molecule has 6 nitrogen and oxygen atoms in total. The van der Waals surface area contributed by atoms with Crippen molar-refractivity contribution in [3.63, 3.8) is 0 Å². The normalized spacial score (nSPS) is 14.8. The minimum atomic E-state index is -1.82. The predicted molar refractivity (Wildman–Crippen MR) is 111 cm³/mol. The zero-order chi connectivity index (χ0) is 20.5. The summed E-state index contributed by atoms with van der Waals surface area (Å²) >= 11 is 3.55. The minimum Gasteiger partial charge on any atom is -0.473 e. The van der Waals surface area contributed by atoms with Crippen LogP contribution in [-0.4, -0.2) is 58.1 Å². The van der Waals surface area contributed by atoms with E-state index in [1.807, 2.05) is 0 Å². The molecule has 0 radical (unpaired) electrons. The first kappa shape index (κ1) is 22.1. The number of rotatable bonds is 4. The van der Waals surface area contributed by atoms with Crippen LogP contribution in [0, 0.1) is 6.92 Å². The van der Waals surface area contributed by atoms with E-state index in [0.29, 0.717) is 0 Å². The van der Waals surface area contributed by atoms with E-state index in [-0.39, 0.29) is 0 Å². The molecule has 0 aromatic heterocycles. The van der Waals surface area contributed by atoms with Crippen LogP contribution >= 0.6 is 15.9 Å². The largest absolute Gasteiger partial charge is 0.473 e. The minimum absolute atomic E-state index is 1.05. The molecular formula is C21H25BrN2O4. The number of aliphatic carboxylic acids is 2. The van der Waals surface area contributed by atoms with Gasteiger partial charge in [-0.1, -0.05) is 57.9 Å². The van der Waals surface area contributed by atoms with Gasteiger partial charge in [0.1, 0.15) is 0 Å². The fourth-order valence-electron chi connectivity index (χ4n) is 3.07. The van der Waals surface area contributed by atoms with E-state index in [4.69, 9.17) is 19.8 Å². The van der Waals surface area contributed by atoms with E-state index in [1.165, 1.54) is 21.2 Å². The van der Waals surface area contributed by atoms with Gasteiger partial charge in [-0.15, -0.1) is 0 Å². The van der Waals surface area contributed by atoms with Gasteiger partial charge in [-0.3, -0.25) is 9.80 Å². The van der Waals surface area contributed by atoms with Crippen molar-refractivity contribution in [2.24, 2.45) is 0 Å². The highest BCUT2D eigenvalue weighted by molar-refractivity contribution is 9.10. The van der Waals surface area contributed by atoms with Crippen molar-refractivity contribution >= 4 is 27.9 Å². The average molecular weight is 449 g/mol. The van der Waals surface area contributed by atoms with Crippen molar-refractivity contribution in [2.75, 3.05) is 26.2 Å². The first-order chi connectivity index (χ1) is 13.3. The fraction of sp³-hybridized carbons (Fsp3) is 0.333. The third kappa shape index (κ3) is 7.80. The maximum absolute atomic E-state index is 9.10. The van der Waals surface area contributed by atoms with Crippen molar-refractivity contribution in [1.29, 1.82) is 0 Å². The summed E-state index contributed by atoms with van der Waals surface area (Å²) in [5, 5.41) is 14.8. The number of carboxylic acid groups (broad SMARTS) is 2. The van der Waals surface area contributed by atoms with Crippen molar-refractivity contribution in [2.45, 2.75) is 20.0 Å². The summed E-state index contributed by atoms with van der Waals surface area (Å²) < 4.78 is 1.17. The molecule has 1 aliphatic rings. The Morgan fingerprint density at radius 1 is 0.857 bits per heavy atom. The standard InChI is InChI=1S/C19H23BrN2.C2H2O4/c1-16-4-2-5-17(12-16)14-21-8-10-22(11-9-21)15-18-6-3-7-19(20)13-18;3-1(4)2(5)6/h2-7,12-13H,8-11,14-15H2,1H3;(H,3,4)(H,5,6). The van der Waals surface area contributed by atoms with Gasteiger partial charge < -0.3 is 10.2 Å². The molecule has 3 rings (SSSR count). The van der Waals surface area contributed by atoms with Crippen LogP contribution in [0.3, 0.4) is 0 Å². The Morgan fingerprint density at radius 3 is 1.75 bits per heavy atom. The highest BCUT2D eigenvalue weighted by Crippen LogP contribution is 2.15. The second kappa shape index (κ2) is 10.9. The third-order valence-electron chi connectivity index (χ3n) is 4.43. The lowest BCUT2D eigenvalue weighted by molar-refractivity contribution is -0.159. The number of hydrogen-bond acceptors (Lipinski definition) is 4. The molecule has 0 saturated carbocycles. The first-order valence-electron chi connectivity index (χ1n) is 9.04. The zero-order valence-corrected chi connectivity index (χ0v) is 17.4. The van der Waals surface area contributed by atoms with Crippen LogP contribution in [0.5, 0.6) is 0 Å². The topological polar surface area (TPSA) is 81.1 Å². The molecule has 0 bridgehead atoms. The van der Waals surface area contributed by atoms with Gasteiger partial charge in [-0.05, 0) is 30.2 Å². The summed E-state index contributed by atoms with van der Waals surface area (Å²) in [4.78, 5) is 23.3. The van der Waals surface area contributed by atoms with Gasteiger partial charge in [0.15, 0.2) is 0 Å². The highest BCUT2D eigenvalue weighted by Gasteiger charge is 2.17. The van der Waals surface area contributed by atoms with Gasteiger partial charge in [-0.25, -0.2) is 9.59 Å². The van der Waals surface area contributed by atoms with E-state index in [9.17, 15) is 0 Å². The number of hydrogen-bond donors (Lipinski definition) is 2. The fourth-order valence-corrected chi connectivity index (χ4v) is 3.51. The van der Waals surface area contributed by atoms with E-state index in [0.717, 1.165) is 39.3 Å². The van der Waals surface area contributed by atoms with Gasteiger partial charge in [-0.2, -0.15) is 0 Å². The van der Waals surface area contributed by atoms with Crippen LogP contribution in [0.4, 0.5) is 0 Å². The molecule has 150 valence electrons. The van der Waals surface area contributed by atoms with Crippen LogP contribution < -0.4 is 0 Å². The number of carboxylic acids is 2. The maximum Gasteiger partial charge on any atom is 0.414 e. The van der Waals surface area contributed by atoms with Crippen LogP contribution in [0.25, 0.3) is 0 Å². The lowest BCUT2D eigenvalue weighted by Gasteiger charge is -2.34. The SMILES string of the molecule is Cc1cccc(CN2CCN(Cc3cccc(Br)c3)CC2)c1.O=C(O)C(=O)O. The van der Waals surface area contributed by atoms with Gasteiger partial charge in [0, 0.05) is 43.7 Å². The first-order valence-corrected chi connectivity index (χ1v) is 9.83. The van der Waals surface area contributed by atoms with Crippen molar-refractivity contribution in [1.82, 2.24) is 9.80 Å². The van der Waals surface area contributed by atoms with Gasteiger partial charge in [0.2, 0.25) is 0 Å². The second-order valence-corrected chi connectivity index (χ2v) is 7.70. The average Bonchev–Trinajstić information content (AvgIpc) is 2.64.